The Bertz CT molecular complexity index is 391. The quantitative estimate of drug-likeness (QED) is 0.610. The van der Waals surface area contributed by atoms with E-state index in [1.807, 2.05) is 32.0 Å². The number of para-hydroxylation sites is 1. The van der Waals surface area contributed by atoms with Crippen LogP contribution in [0.3, 0.4) is 0 Å². The number of thioether (sulfide) groups is 1. The second-order valence-electron chi connectivity index (χ2n) is 4.04. The van der Waals surface area contributed by atoms with Crippen molar-refractivity contribution in [2.45, 2.75) is 26.7 Å². The molecule has 1 aromatic rings. The number of carbonyl (C=O) groups excluding carboxylic acids is 1. The molecule has 0 amide bonds. The maximum atomic E-state index is 11.1. The summed E-state index contributed by atoms with van der Waals surface area (Å²) in [5.41, 5.74) is 1.89. The first-order valence-electron chi connectivity index (χ1n) is 6.16. The number of esters is 1. The van der Waals surface area contributed by atoms with Gasteiger partial charge in [0.2, 0.25) is 0 Å². The minimum Gasteiger partial charge on any atom is -0.507 e. The molecule has 18 heavy (non-hydrogen) atoms. The number of phenolic OH excluding ortho intramolecular Hbond substituents is 1. The number of rotatable bonds is 7. The van der Waals surface area contributed by atoms with E-state index in [-0.39, 0.29) is 5.97 Å². The van der Waals surface area contributed by atoms with Gasteiger partial charge < -0.3 is 9.84 Å². The average molecular weight is 268 g/mol. The Morgan fingerprint density at radius 1 is 1.44 bits per heavy atom. The molecule has 1 aromatic carbocycles. The lowest BCUT2D eigenvalue weighted by molar-refractivity contribution is -0.139. The maximum Gasteiger partial charge on any atom is 0.315 e. The average Bonchev–Trinajstić information content (AvgIpc) is 2.34. The number of hydrogen-bond donors (Lipinski definition) is 1. The van der Waals surface area contributed by atoms with Gasteiger partial charge in [-0.1, -0.05) is 18.2 Å². The van der Waals surface area contributed by atoms with Gasteiger partial charge in [-0.3, -0.25) is 4.79 Å². The van der Waals surface area contributed by atoms with Gasteiger partial charge in [0, 0.05) is 0 Å². The van der Waals surface area contributed by atoms with Crippen LogP contribution in [0.1, 0.15) is 24.5 Å². The van der Waals surface area contributed by atoms with Crippen LogP contribution in [0.25, 0.3) is 0 Å². The predicted molar refractivity (Wildman–Crippen MR) is 75.1 cm³/mol. The molecular formula is C14H20O3S. The smallest absolute Gasteiger partial charge is 0.315 e. The molecule has 3 nitrogen and oxygen atoms in total. The van der Waals surface area contributed by atoms with Crippen molar-refractivity contribution in [2.75, 3.05) is 18.1 Å². The molecule has 0 aliphatic rings. The van der Waals surface area contributed by atoms with Gasteiger partial charge in [0.25, 0.3) is 0 Å². The van der Waals surface area contributed by atoms with Gasteiger partial charge in [-0.2, -0.15) is 11.8 Å². The number of phenols is 1. The molecule has 0 radical (unpaired) electrons. The van der Waals surface area contributed by atoms with Gasteiger partial charge in [-0.25, -0.2) is 0 Å². The number of aromatic hydroxyl groups is 1. The van der Waals surface area contributed by atoms with Crippen molar-refractivity contribution in [3.63, 3.8) is 0 Å². The molecule has 0 fully saturated rings. The lowest BCUT2D eigenvalue weighted by Gasteiger charge is -2.06. The van der Waals surface area contributed by atoms with Crippen molar-refractivity contribution < 1.29 is 14.6 Å². The van der Waals surface area contributed by atoms with Crippen molar-refractivity contribution in [3.8, 4) is 5.75 Å². The number of benzene rings is 1. The Kier molecular flexibility index (Phi) is 6.65. The van der Waals surface area contributed by atoms with E-state index >= 15 is 0 Å². The van der Waals surface area contributed by atoms with Crippen molar-refractivity contribution in [1.82, 2.24) is 0 Å². The molecule has 0 spiro atoms. The van der Waals surface area contributed by atoms with E-state index in [0.29, 0.717) is 18.1 Å². The predicted octanol–water partition coefficient (Wildman–Crippen LogP) is 2.93. The third kappa shape index (κ3) is 5.00. The second-order valence-corrected chi connectivity index (χ2v) is 5.15. The fourth-order valence-electron chi connectivity index (χ4n) is 1.64. The number of hydrogen-bond acceptors (Lipinski definition) is 4. The summed E-state index contributed by atoms with van der Waals surface area (Å²) in [4.78, 5) is 11.1. The standard InChI is InChI=1S/C14H20O3S/c1-3-17-13(15)10-18-9-5-8-12-7-4-6-11(2)14(12)16/h4,6-7,16H,3,5,8-10H2,1-2H3. The summed E-state index contributed by atoms with van der Waals surface area (Å²) in [7, 11) is 0. The molecule has 4 heteroatoms. The Morgan fingerprint density at radius 3 is 2.94 bits per heavy atom. The maximum absolute atomic E-state index is 11.1. The molecular weight excluding hydrogens is 248 g/mol. The number of aryl methyl sites for hydroxylation is 2. The normalized spacial score (nSPS) is 10.3. The Morgan fingerprint density at radius 2 is 2.22 bits per heavy atom. The first-order valence-corrected chi connectivity index (χ1v) is 7.31. The first kappa shape index (κ1) is 14.9. The molecule has 100 valence electrons. The highest BCUT2D eigenvalue weighted by Crippen LogP contribution is 2.23. The van der Waals surface area contributed by atoms with Crippen molar-refractivity contribution in [2.24, 2.45) is 0 Å². The van der Waals surface area contributed by atoms with Crippen LogP contribution in [-0.2, 0) is 16.0 Å². The van der Waals surface area contributed by atoms with Gasteiger partial charge in [-0.05, 0) is 43.6 Å². The fourth-order valence-corrected chi connectivity index (χ4v) is 2.39. The van der Waals surface area contributed by atoms with Crippen LogP contribution in [-0.4, -0.2) is 29.2 Å². The van der Waals surface area contributed by atoms with Crippen molar-refractivity contribution in [1.29, 1.82) is 0 Å². The minimum absolute atomic E-state index is 0.152. The molecule has 0 bridgehead atoms. The van der Waals surface area contributed by atoms with Crippen LogP contribution in [0.4, 0.5) is 0 Å². The fraction of sp³-hybridized carbons (Fsp3) is 0.500. The van der Waals surface area contributed by atoms with E-state index in [1.54, 1.807) is 11.8 Å². The molecule has 0 unspecified atom stereocenters. The van der Waals surface area contributed by atoms with Crippen LogP contribution in [0, 0.1) is 6.92 Å². The SMILES string of the molecule is CCOC(=O)CSCCCc1cccc(C)c1O. The van der Waals surface area contributed by atoms with Crippen molar-refractivity contribution >= 4 is 17.7 Å². The van der Waals surface area contributed by atoms with Gasteiger partial charge in [-0.15, -0.1) is 0 Å². The summed E-state index contributed by atoms with van der Waals surface area (Å²) in [6.45, 7) is 4.15. The van der Waals surface area contributed by atoms with Crippen LogP contribution in [0.2, 0.25) is 0 Å². The summed E-state index contributed by atoms with van der Waals surface area (Å²) in [6.07, 6.45) is 1.78. The zero-order valence-electron chi connectivity index (χ0n) is 10.9. The molecule has 0 saturated carbocycles. The first-order chi connectivity index (χ1) is 8.65. The summed E-state index contributed by atoms with van der Waals surface area (Å²) in [5, 5.41) is 9.83. The molecule has 0 aliphatic heterocycles. The number of carbonyl (C=O) groups is 1. The lowest BCUT2D eigenvalue weighted by atomic mass is 10.1. The van der Waals surface area contributed by atoms with E-state index in [2.05, 4.69) is 0 Å². The Hall–Kier alpha value is -1.16. The van der Waals surface area contributed by atoms with Crippen LogP contribution < -0.4 is 0 Å². The van der Waals surface area contributed by atoms with E-state index in [9.17, 15) is 9.90 Å². The highest BCUT2D eigenvalue weighted by Gasteiger charge is 2.04. The molecule has 0 heterocycles. The summed E-state index contributed by atoms with van der Waals surface area (Å²) >= 11 is 1.57. The molecule has 1 rings (SSSR count). The molecule has 0 aliphatic carbocycles. The second kappa shape index (κ2) is 8.03. The zero-order valence-corrected chi connectivity index (χ0v) is 11.8. The summed E-state index contributed by atoms with van der Waals surface area (Å²) < 4.78 is 4.84. The molecule has 1 N–H and O–H groups in total. The topological polar surface area (TPSA) is 46.5 Å². The molecule has 0 aromatic heterocycles. The van der Waals surface area contributed by atoms with E-state index in [0.717, 1.165) is 29.7 Å². The van der Waals surface area contributed by atoms with E-state index in [1.165, 1.54) is 0 Å². The van der Waals surface area contributed by atoms with Gasteiger partial charge in [0.1, 0.15) is 5.75 Å². The Labute approximate surface area is 113 Å². The van der Waals surface area contributed by atoms with Crippen LogP contribution in [0.5, 0.6) is 5.75 Å². The highest BCUT2D eigenvalue weighted by molar-refractivity contribution is 7.99. The lowest BCUT2D eigenvalue weighted by Crippen LogP contribution is -2.07. The summed E-state index contributed by atoms with van der Waals surface area (Å²) in [6, 6.07) is 5.79. The van der Waals surface area contributed by atoms with Gasteiger partial charge in [0.15, 0.2) is 0 Å². The van der Waals surface area contributed by atoms with Gasteiger partial charge >= 0.3 is 5.97 Å². The summed E-state index contributed by atoms with van der Waals surface area (Å²) in [5.74, 6) is 1.55. The van der Waals surface area contributed by atoms with E-state index in [4.69, 9.17) is 4.74 Å². The minimum atomic E-state index is -0.152. The van der Waals surface area contributed by atoms with Crippen LogP contribution >= 0.6 is 11.8 Å². The van der Waals surface area contributed by atoms with E-state index < -0.39 is 0 Å². The van der Waals surface area contributed by atoms with Gasteiger partial charge in [0.05, 0.1) is 12.4 Å². The molecule has 0 atom stereocenters. The largest absolute Gasteiger partial charge is 0.507 e. The van der Waals surface area contributed by atoms with Crippen LogP contribution in [0.15, 0.2) is 18.2 Å². The molecule has 0 saturated heterocycles. The van der Waals surface area contributed by atoms with Crippen molar-refractivity contribution in [3.05, 3.63) is 29.3 Å². The monoisotopic (exact) mass is 268 g/mol. The third-order valence-corrected chi connectivity index (χ3v) is 3.60. The third-order valence-electron chi connectivity index (χ3n) is 2.58. The number of ether oxygens (including phenoxy) is 1. The highest BCUT2D eigenvalue weighted by atomic mass is 32.2. The zero-order chi connectivity index (χ0) is 13.4. The Balaban J connectivity index is 2.22.